The Balaban J connectivity index is 1.94. The number of ether oxygens (including phenoxy) is 1. The number of carbonyl (C=O) groups excluding carboxylic acids is 1. The number of hydrogen-bond donors (Lipinski definition) is 1. The van der Waals surface area contributed by atoms with Gasteiger partial charge in [0.2, 0.25) is 0 Å². The van der Waals surface area contributed by atoms with Gasteiger partial charge in [-0.05, 0) is 37.3 Å². The lowest BCUT2D eigenvalue weighted by Gasteiger charge is -2.31. The lowest BCUT2D eigenvalue weighted by Crippen LogP contribution is -2.34. The molecule has 2 unspecified atom stereocenters. The lowest BCUT2D eigenvalue weighted by atomic mass is 9.76. The summed E-state index contributed by atoms with van der Waals surface area (Å²) in [6.07, 6.45) is 3.93. The summed E-state index contributed by atoms with van der Waals surface area (Å²) in [6, 6.07) is 5.82. The first-order chi connectivity index (χ1) is 8.72. The van der Waals surface area contributed by atoms with Crippen molar-refractivity contribution in [2.24, 2.45) is 17.6 Å². The maximum absolute atomic E-state index is 12.3. The lowest BCUT2D eigenvalue weighted by molar-refractivity contribution is -0.125. The Hall–Kier alpha value is -1.35. The fraction of sp³-hybridized carbons (Fsp3) is 0.533. The van der Waals surface area contributed by atoms with Crippen LogP contribution in [0.4, 0.5) is 0 Å². The van der Waals surface area contributed by atoms with Crippen molar-refractivity contribution in [2.75, 3.05) is 7.11 Å². The topological polar surface area (TPSA) is 52.3 Å². The van der Waals surface area contributed by atoms with Crippen LogP contribution in [0.15, 0.2) is 18.2 Å². The number of methoxy groups -OCH3 is 1. The quantitative estimate of drug-likeness (QED) is 0.888. The molecule has 0 saturated heterocycles. The van der Waals surface area contributed by atoms with Crippen molar-refractivity contribution in [3.05, 3.63) is 29.3 Å². The first-order valence-corrected chi connectivity index (χ1v) is 6.67. The van der Waals surface area contributed by atoms with Crippen LogP contribution in [-0.2, 0) is 11.2 Å². The largest absolute Gasteiger partial charge is 0.496 e. The number of benzene rings is 1. The summed E-state index contributed by atoms with van der Waals surface area (Å²) in [5, 5.41) is 0. The van der Waals surface area contributed by atoms with Crippen LogP contribution in [0.3, 0.4) is 0 Å². The van der Waals surface area contributed by atoms with E-state index < -0.39 is 0 Å². The van der Waals surface area contributed by atoms with Crippen LogP contribution in [0.25, 0.3) is 0 Å². The molecule has 2 aliphatic rings. The van der Waals surface area contributed by atoms with E-state index in [-0.39, 0.29) is 17.9 Å². The predicted molar refractivity (Wildman–Crippen MR) is 69.5 cm³/mol. The number of Topliss-reactive ketones (excluding diaryl/α,β-unsaturated/α-hetero) is 1. The van der Waals surface area contributed by atoms with Crippen molar-refractivity contribution < 1.29 is 9.53 Å². The molecule has 3 rings (SSSR count). The van der Waals surface area contributed by atoms with E-state index in [9.17, 15) is 4.79 Å². The molecule has 2 aliphatic carbocycles. The second-order valence-electron chi connectivity index (χ2n) is 5.38. The minimum Gasteiger partial charge on any atom is -0.496 e. The van der Waals surface area contributed by atoms with Crippen LogP contribution in [0.5, 0.6) is 5.75 Å². The third-order valence-electron chi connectivity index (χ3n) is 4.21. The summed E-state index contributed by atoms with van der Waals surface area (Å²) in [5.74, 6) is 1.48. The molecule has 0 radical (unpaired) electrons. The van der Waals surface area contributed by atoms with E-state index in [2.05, 4.69) is 6.07 Å². The van der Waals surface area contributed by atoms with Crippen LogP contribution >= 0.6 is 0 Å². The molecule has 3 nitrogen and oxygen atoms in total. The molecule has 1 aromatic rings. The maximum atomic E-state index is 12.3. The van der Waals surface area contributed by atoms with Gasteiger partial charge in [0, 0.05) is 23.4 Å². The molecule has 1 saturated carbocycles. The minimum atomic E-state index is -0.196. The number of aryl methyl sites for hydroxylation is 1. The molecule has 3 heteroatoms. The number of carbonyl (C=O) groups is 1. The molecule has 0 heterocycles. The average Bonchev–Trinajstić information content (AvgIpc) is 3.22. The highest BCUT2D eigenvalue weighted by molar-refractivity contribution is 5.86. The molecule has 2 atom stereocenters. The highest BCUT2D eigenvalue weighted by Crippen LogP contribution is 2.43. The van der Waals surface area contributed by atoms with Crippen LogP contribution in [0.2, 0.25) is 0 Å². The smallest absolute Gasteiger partial charge is 0.140 e. The van der Waals surface area contributed by atoms with Crippen molar-refractivity contribution in [1.82, 2.24) is 0 Å². The first-order valence-electron chi connectivity index (χ1n) is 6.67. The summed E-state index contributed by atoms with van der Waals surface area (Å²) in [4.78, 5) is 12.3. The van der Waals surface area contributed by atoms with Crippen molar-refractivity contribution in [3.8, 4) is 5.75 Å². The van der Waals surface area contributed by atoms with Gasteiger partial charge in [0.25, 0.3) is 0 Å². The fourth-order valence-corrected chi connectivity index (χ4v) is 3.05. The molecule has 1 aromatic carbocycles. The molecule has 2 N–H and O–H groups in total. The van der Waals surface area contributed by atoms with E-state index in [4.69, 9.17) is 10.5 Å². The molecule has 0 aromatic heterocycles. The SMILES string of the molecule is COc1cccc2c1C(N)C(C(=O)C1CC1)CC2. The van der Waals surface area contributed by atoms with Gasteiger partial charge in [-0.2, -0.15) is 0 Å². The zero-order valence-electron chi connectivity index (χ0n) is 10.7. The Bertz CT molecular complexity index is 465. The summed E-state index contributed by atoms with van der Waals surface area (Å²) < 4.78 is 5.40. The van der Waals surface area contributed by atoms with Gasteiger partial charge in [0.05, 0.1) is 7.11 Å². The van der Waals surface area contributed by atoms with Gasteiger partial charge in [-0.25, -0.2) is 0 Å². The van der Waals surface area contributed by atoms with Crippen LogP contribution in [0.1, 0.15) is 36.4 Å². The van der Waals surface area contributed by atoms with Gasteiger partial charge in [-0.15, -0.1) is 0 Å². The molecular weight excluding hydrogens is 226 g/mol. The molecule has 1 fully saturated rings. The third-order valence-corrected chi connectivity index (χ3v) is 4.21. The Kier molecular flexibility index (Phi) is 2.86. The highest BCUT2D eigenvalue weighted by atomic mass is 16.5. The van der Waals surface area contributed by atoms with E-state index in [0.29, 0.717) is 5.78 Å². The molecule has 96 valence electrons. The number of fused-ring (bicyclic) bond motifs is 1. The summed E-state index contributed by atoms with van der Waals surface area (Å²) in [6.45, 7) is 0. The van der Waals surface area contributed by atoms with Gasteiger partial charge in [0.1, 0.15) is 11.5 Å². The van der Waals surface area contributed by atoms with Gasteiger partial charge in [-0.1, -0.05) is 12.1 Å². The first kappa shape index (κ1) is 11.7. The van der Waals surface area contributed by atoms with Crippen LogP contribution in [0, 0.1) is 11.8 Å². The van der Waals surface area contributed by atoms with Crippen molar-refractivity contribution in [1.29, 1.82) is 0 Å². The number of hydrogen-bond acceptors (Lipinski definition) is 3. The summed E-state index contributed by atoms with van der Waals surface area (Å²) in [5.41, 5.74) is 8.62. The second-order valence-corrected chi connectivity index (χ2v) is 5.38. The van der Waals surface area contributed by atoms with E-state index in [1.165, 1.54) is 5.56 Å². The zero-order valence-corrected chi connectivity index (χ0v) is 10.7. The Morgan fingerprint density at radius 2 is 2.11 bits per heavy atom. The van der Waals surface area contributed by atoms with Crippen LogP contribution < -0.4 is 10.5 Å². The molecule has 0 spiro atoms. The molecule has 0 bridgehead atoms. The fourth-order valence-electron chi connectivity index (χ4n) is 3.05. The summed E-state index contributed by atoms with van der Waals surface area (Å²) in [7, 11) is 1.66. The van der Waals surface area contributed by atoms with Gasteiger partial charge in [0.15, 0.2) is 0 Å². The normalized spacial score (nSPS) is 26.6. The maximum Gasteiger partial charge on any atom is 0.140 e. The summed E-state index contributed by atoms with van der Waals surface area (Å²) >= 11 is 0. The minimum absolute atomic E-state index is 0.0127. The van der Waals surface area contributed by atoms with Gasteiger partial charge >= 0.3 is 0 Å². The van der Waals surface area contributed by atoms with E-state index in [0.717, 1.165) is 37.0 Å². The van der Waals surface area contributed by atoms with Crippen molar-refractivity contribution in [3.63, 3.8) is 0 Å². The predicted octanol–water partition coefficient (Wildman–Crippen LogP) is 2.24. The van der Waals surface area contributed by atoms with E-state index in [1.54, 1.807) is 7.11 Å². The highest BCUT2D eigenvalue weighted by Gasteiger charge is 2.40. The van der Waals surface area contributed by atoms with E-state index >= 15 is 0 Å². The van der Waals surface area contributed by atoms with Gasteiger partial charge < -0.3 is 10.5 Å². The number of nitrogens with two attached hydrogens (primary N) is 1. The average molecular weight is 245 g/mol. The molecule has 0 amide bonds. The third kappa shape index (κ3) is 1.83. The molecule has 0 aliphatic heterocycles. The van der Waals surface area contributed by atoms with Crippen LogP contribution in [-0.4, -0.2) is 12.9 Å². The Morgan fingerprint density at radius 1 is 1.33 bits per heavy atom. The number of ketones is 1. The zero-order chi connectivity index (χ0) is 12.7. The molecule has 18 heavy (non-hydrogen) atoms. The molecular formula is C15H19NO2. The Labute approximate surface area is 107 Å². The van der Waals surface area contributed by atoms with Crippen molar-refractivity contribution in [2.45, 2.75) is 31.7 Å². The standard InChI is InChI=1S/C15H19NO2/c1-18-12-4-2-3-9-7-8-11(14(16)13(9)12)15(17)10-5-6-10/h2-4,10-11,14H,5-8,16H2,1H3. The number of rotatable bonds is 3. The van der Waals surface area contributed by atoms with Crippen molar-refractivity contribution >= 4 is 5.78 Å². The Morgan fingerprint density at radius 3 is 2.78 bits per heavy atom. The van der Waals surface area contributed by atoms with E-state index in [1.807, 2.05) is 12.1 Å². The monoisotopic (exact) mass is 245 g/mol. The second kappa shape index (κ2) is 4.39. The van der Waals surface area contributed by atoms with Gasteiger partial charge in [-0.3, -0.25) is 4.79 Å².